The highest BCUT2D eigenvalue weighted by Gasteiger charge is 2.19. The molecule has 2 aromatic rings. The first-order valence-corrected chi connectivity index (χ1v) is 8.03. The Kier molecular flexibility index (Phi) is 4.41. The van der Waals surface area contributed by atoms with Crippen molar-refractivity contribution in [3.8, 4) is 0 Å². The quantitative estimate of drug-likeness (QED) is 0.681. The SMILES string of the molecule is Cn1cc(S(=O)(=O)Nc2ccc(CC(N)=O)cc2)cc1C(N)=O. The van der Waals surface area contributed by atoms with Crippen LogP contribution in [0.2, 0.25) is 0 Å². The zero-order valence-corrected chi connectivity index (χ0v) is 13.1. The first-order chi connectivity index (χ1) is 10.7. The lowest BCUT2D eigenvalue weighted by atomic mass is 10.1. The van der Waals surface area contributed by atoms with Crippen LogP contribution in [0.5, 0.6) is 0 Å². The highest BCUT2D eigenvalue weighted by Crippen LogP contribution is 2.18. The van der Waals surface area contributed by atoms with Crippen LogP contribution in [0.25, 0.3) is 0 Å². The number of carbonyl (C=O) groups is 2. The zero-order chi connectivity index (χ0) is 17.2. The van der Waals surface area contributed by atoms with Gasteiger partial charge in [-0.3, -0.25) is 14.3 Å². The molecule has 1 aromatic carbocycles. The molecular weight excluding hydrogens is 320 g/mol. The van der Waals surface area contributed by atoms with Crippen LogP contribution in [-0.4, -0.2) is 24.8 Å². The molecule has 1 heterocycles. The number of nitrogens with two attached hydrogens (primary N) is 2. The number of sulfonamides is 1. The Morgan fingerprint density at radius 1 is 1.17 bits per heavy atom. The van der Waals surface area contributed by atoms with Crippen LogP contribution in [0.1, 0.15) is 16.1 Å². The predicted molar refractivity (Wildman–Crippen MR) is 84.1 cm³/mol. The Balaban J connectivity index is 2.22. The van der Waals surface area contributed by atoms with Crippen molar-refractivity contribution in [3.63, 3.8) is 0 Å². The molecule has 0 bridgehead atoms. The van der Waals surface area contributed by atoms with Crippen LogP contribution in [0.3, 0.4) is 0 Å². The molecule has 1 aromatic heterocycles. The number of nitrogens with zero attached hydrogens (tertiary/aromatic N) is 1. The molecule has 0 fully saturated rings. The third-order valence-electron chi connectivity index (χ3n) is 3.13. The summed E-state index contributed by atoms with van der Waals surface area (Å²) in [6.07, 6.45) is 1.37. The van der Waals surface area contributed by atoms with Crippen molar-refractivity contribution in [1.82, 2.24) is 4.57 Å². The lowest BCUT2D eigenvalue weighted by molar-refractivity contribution is -0.117. The molecule has 0 aliphatic rings. The number of aryl methyl sites for hydroxylation is 1. The Hall–Kier alpha value is -2.81. The second-order valence-electron chi connectivity index (χ2n) is 4.98. The van der Waals surface area contributed by atoms with Gasteiger partial charge in [-0.25, -0.2) is 8.42 Å². The maximum atomic E-state index is 12.3. The highest BCUT2D eigenvalue weighted by atomic mass is 32.2. The van der Waals surface area contributed by atoms with Crippen LogP contribution in [0.15, 0.2) is 41.4 Å². The minimum Gasteiger partial charge on any atom is -0.369 e. The molecule has 122 valence electrons. The number of benzene rings is 1. The predicted octanol–water partition coefficient (Wildman–Crippen LogP) is -0.0474. The zero-order valence-electron chi connectivity index (χ0n) is 12.3. The van der Waals surface area contributed by atoms with Gasteiger partial charge >= 0.3 is 0 Å². The normalized spacial score (nSPS) is 11.2. The average molecular weight is 336 g/mol. The average Bonchev–Trinajstić information content (AvgIpc) is 2.83. The van der Waals surface area contributed by atoms with Crippen molar-refractivity contribution in [2.75, 3.05) is 4.72 Å². The van der Waals surface area contributed by atoms with E-state index in [4.69, 9.17) is 11.5 Å². The molecule has 0 saturated heterocycles. The fourth-order valence-electron chi connectivity index (χ4n) is 2.03. The number of anilines is 1. The first-order valence-electron chi connectivity index (χ1n) is 6.55. The molecule has 0 radical (unpaired) electrons. The maximum absolute atomic E-state index is 12.3. The second kappa shape index (κ2) is 6.13. The Labute approximate surface area is 133 Å². The monoisotopic (exact) mass is 336 g/mol. The van der Waals surface area contributed by atoms with Crippen molar-refractivity contribution in [2.45, 2.75) is 11.3 Å². The van der Waals surface area contributed by atoms with E-state index >= 15 is 0 Å². The van der Waals surface area contributed by atoms with Gasteiger partial charge in [0.2, 0.25) is 5.91 Å². The fourth-order valence-corrected chi connectivity index (χ4v) is 3.16. The number of amides is 2. The summed E-state index contributed by atoms with van der Waals surface area (Å²) in [6.45, 7) is 0. The number of carbonyl (C=O) groups excluding carboxylic acids is 2. The van der Waals surface area contributed by atoms with Crippen molar-refractivity contribution >= 4 is 27.5 Å². The van der Waals surface area contributed by atoms with Crippen LogP contribution in [0.4, 0.5) is 5.69 Å². The minimum absolute atomic E-state index is 0.0741. The molecule has 0 atom stereocenters. The number of primary amides is 2. The van der Waals surface area contributed by atoms with Gasteiger partial charge in [0.15, 0.2) is 0 Å². The van der Waals surface area contributed by atoms with Crippen molar-refractivity contribution in [1.29, 1.82) is 0 Å². The van der Waals surface area contributed by atoms with Crippen LogP contribution < -0.4 is 16.2 Å². The van der Waals surface area contributed by atoms with Crippen molar-refractivity contribution in [3.05, 3.63) is 47.8 Å². The number of aromatic nitrogens is 1. The fraction of sp³-hybridized carbons (Fsp3) is 0.143. The standard InChI is InChI=1S/C14H16N4O4S/c1-18-8-11(7-12(18)14(16)20)23(21,22)17-10-4-2-9(3-5-10)6-13(15)19/h2-5,7-8,17H,6H2,1H3,(H2,15,19)(H2,16,20). The summed E-state index contributed by atoms with van der Waals surface area (Å²) < 4.78 is 28.3. The molecule has 2 amide bonds. The van der Waals surface area contributed by atoms with Gasteiger partial charge < -0.3 is 16.0 Å². The van der Waals surface area contributed by atoms with Gasteiger partial charge in [0.25, 0.3) is 15.9 Å². The van der Waals surface area contributed by atoms with Gasteiger partial charge in [0, 0.05) is 18.9 Å². The molecule has 0 saturated carbocycles. The van der Waals surface area contributed by atoms with Gasteiger partial charge in [-0.05, 0) is 23.8 Å². The Bertz CT molecular complexity index is 853. The molecule has 0 aliphatic heterocycles. The van der Waals surface area contributed by atoms with E-state index in [1.807, 2.05) is 0 Å². The van der Waals surface area contributed by atoms with Crippen LogP contribution in [0, 0.1) is 0 Å². The number of hydrogen-bond acceptors (Lipinski definition) is 4. The van der Waals surface area contributed by atoms with Crippen molar-refractivity contribution < 1.29 is 18.0 Å². The highest BCUT2D eigenvalue weighted by molar-refractivity contribution is 7.92. The summed E-state index contributed by atoms with van der Waals surface area (Å²) in [5, 5.41) is 0. The molecule has 0 spiro atoms. The summed E-state index contributed by atoms with van der Waals surface area (Å²) in [5.74, 6) is -1.19. The van der Waals surface area contributed by atoms with Gasteiger partial charge in [0.05, 0.1) is 6.42 Å². The lowest BCUT2D eigenvalue weighted by Crippen LogP contribution is -2.15. The topological polar surface area (TPSA) is 137 Å². The van der Waals surface area contributed by atoms with E-state index in [2.05, 4.69) is 4.72 Å². The second-order valence-corrected chi connectivity index (χ2v) is 6.66. The third kappa shape index (κ3) is 3.89. The van der Waals surface area contributed by atoms with E-state index in [1.54, 1.807) is 12.1 Å². The largest absolute Gasteiger partial charge is 0.369 e. The molecule has 23 heavy (non-hydrogen) atoms. The number of nitrogens with one attached hydrogen (secondary N) is 1. The third-order valence-corrected chi connectivity index (χ3v) is 4.48. The Morgan fingerprint density at radius 2 is 1.78 bits per heavy atom. The van der Waals surface area contributed by atoms with Crippen LogP contribution in [-0.2, 0) is 28.3 Å². The van der Waals surface area contributed by atoms with Gasteiger partial charge in [-0.15, -0.1) is 0 Å². The molecule has 0 unspecified atom stereocenters. The van der Waals surface area contributed by atoms with Gasteiger partial charge in [-0.1, -0.05) is 12.1 Å². The van der Waals surface area contributed by atoms with E-state index in [-0.39, 0.29) is 17.0 Å². The van der Waals surface area contributed by atoms with E-state index in [9.17, 15) is 18.0 Å². The molecule has 9 heteroatoms. The van der Waals surface area contributed by atoms with E-state index in [0.29, 0.717) is 11.3 Å². The molecular formula is C14H16N4O4S. The minimum atomic E-state index is -3.85. The van der Waals surface area contributed by atoms with Crippen LogP contribution >= 0.6 is 0 Å². The molecule has 5 N–H and O–H groups in total. The maximum Gasteiger partial charge on any atom is 0.265 e. The smallest absolute Gasteiger partial charge is 0.265 e. The molecule has 8 nitrogen and oxygen atoms in total. The van der Waals surface area contributed by atoms with Gasteiger partial charge in [0.1, 0.15) is 10.6 Å². The summed E-state index contributed by atoms with van der Waals surface area (Å²) in [5.41, 5.74) is 11.3. The summed E-state index contributed by atoms with van der Waals surface area (Å²) in [4.78, 5) is 21.9. The first kappa shape index (κ1) is 16.6. The summed E-state index contributed by atoms with van der Waals surface area (Å²) >= 11 is 0. The number of rotatable bonds is 6. The molecule has 0 aliphatic carbocycles. The molecule has 2 rings (SSSR count). The Morgan fingerprint density at radius 3 is 2.26 bits per heavy atom. The van der Waals surface area contributed by atoms with Crippen molar-refractivity contribution in [2.24, 2.45) is 18.5 Å². The summed E-state index contributed by atoms with van der Waals surface area (Å²) in [6, 6.07) is 7.44. The summed E-state index contributed by atoms with van der Waals surface area (Å²) in [7, 11) is -2.33. The lowest BCUT2D eigenvalue weighted by Gasteiger charge is -2.07. The van der Waals surface area contributed by atoms with E-state index in [1.165, 1.54) is 36.0 Å². The van der Waals surface area contributed by atoms with Gasteiger partial charge in [-0.2, -0.15) is 0 Å². The number of hydrogen-bond donors (Lipinski definition) is 3. The van der Waals surface area contributed by atoms with E-state index < -0.39 is 21.8 Å². The van der Waals surface area contributed by atoms with E-state index in [0.717, 1.165) is 0 Å².